The molecule has 182 valence electrons. The second-order valence-corrected chi connectivity index (χ2v) is 9.65. The van der Waals surface area contributed by atoms with Gasteiger partial charge in [-0.25, -0.2) is 4.68 Å². The van der Waals surface area contributed by atoms with Gasteiger partial charge < -0.3 is 14.8 Å². The molecule has 0 radical (unpaired) electrons. The van der Waals surface area contributed by atoms with Gasteiger partial charge in [-0.1, -0.05) is 48.4 Å². The highest BCUT2D eigenvalue weighted by molar-refractivity contribution is 6.30. The number of nitrogens with zero attached hydrogens (tertiary/aromatic N) is 4. The number of fused-ring (bicyclic) bond motifs is 3. The van der Waals surface area contributed by atoms with Crippen molar-refractivity contribution >= 4 is 39.3 Å². The highest BCUT2D eigenvalue weighted by atomic mass is 35.5. The summed E-state index contributed by atoms with van der Waals surface area (Å²) in [7, 11) is 0. The lowest BCUT2D eigenvalue weighted by Crippen LogP contribution is -2.36. The van der Waals surface area contributed by atoms with Crippen LogP contribution in [-0.2, 0) is 17.9 Å². The number of carbonyl (C=O) groups is 1. The Bertz CT molecular complexity index is 1400. The number of nitrogens with one attached hydrogen (secondary N) is 1. The van der Waals surface area contributed by atoms with Crippen molar-refractivity contribution in [3.63, 3.8) is 0 Å². The predicted molar refractivity (Wildman–Crippen MR) is 140 cm³/mol. The molecule has 4 aromatic rings. The maximum Gasteiger partial charge on any atom is 0.291 e. The predicted octanol–water partition coefficient (Wildman–Crippen LogP) is 4.05. The smallest absolute Gasteiger partial charge is 0.291 e. The Morgan fingerprint density at radius 3 is 2.69 bits per heavy atom. The van der Waals surface area contributed by atoms with Crippen LogP contribution >= 0.6 is 11.6 Å². The zero-order valence-corrected chi connectivity index (χ0v) is 20.5. The Morgan fingerprint density at radius 1 is 1.03 bits per heavy atom. The molecule has 0 spiro atoms. The largest absolute Gasteiger partial charge is 0.354 e. The molecule has 0 bridgehead atoms. The number of piperidine rings is 1. The fraction of sp³-hybridized carbons (Fsp3) is 0.370. The van der Waals surface area contributed by atoms with E-state index in [4.69, 9.17) is 11.6 Å². The molecule has 35 heavy (non-hydrogen) atoms. The van der Waals surface area contributed by atoms with Crippen molar-refractivity contribution < 1.29 is 4.79 Å². The van der Waals surface area contributed by atoms with E-state index in [-0.39, 0.29) is 18.0 Å². The number of rotatable bonds is 8. The first-order valence-corrected chi connectivity index (χ1v) is 12.7. The molecule has 1 saturated heterocycles. The minimum absolute atomic E-state index is 0.100. The Hall–Kier alpha value is -3.16. The fourth-order valence-electron chi connectivity index (χ4n) is 4.99. The van der Waals surface area contributed by atoms with Crippen LogP contribution in [0.5, 0.6) is 0 Å². The van der Waals surface area contributed by atoms with Gasteiger partial charge in [0.05, 0.1) is 6.20 Å². The molecule has 5 rings (SSSR count). The summed E-state index contributed by atoms with van der Waals surface area (Å²) in [5, 5.41) is 9.68. The molecule has 1 amide bonds. The Balaban J connectivity index is 1.36. The Labute approximate surface area is 209 Å². The molecule has 1 fully saturated rings. The van der Waals surface area contributed by atoms with E-state index in [1.165, 1.54) is 23.9 Å². The molecule has 2 aromatic heterocycles. The minimum atomic E-state index is -0.274. The topological polar surface area (TPSA) is 72.2 Å². The van der Waals surface area contributed by atoms with Gasteiger partial charge in [-0.05, 0) is 62.7 Å². The highest BCUT2D eigenvalue weighted by Gasteiger charge is 2.17. The molecule has 0 unspecified atom stereocenters. The number of halogens is 1. The molecule has 2 aromatic carbocycles. The monoisotopic (exact) mass is 491 g/mol. The molecule has 1 N–H and O–H groups in total. The molecular weight excluding hydrogens is 462 g/mol. The number of amides is 1. The molecule has 0 aliphatic carbocycles. The zero-order valence-electron chi connectivity index (χ0n) is 19.8. The van der Waals surface area contributed by atoms with Crippen molar-refractivity contribution in [2.45, 2.75) is 38.8 Å². The maximum absolute atomic E-state index is 13.5. The van der Waals surface area contributed by atoms with Crippen molar-refractivity contribution in [1.29, 1.82) is 0 Å². The lowest BCUT2D eigenvalue weighted by molar-refractivity contribution is -0.121. The number of para-hydroxylation sites is 1. The standard InChI is InChI=1S/C27H30ClN5O2/c28-21-9-6-8-20(16-21)18-32-24-11-3-2-10-22(24)23-17-30-33(27(35)26(23)32)19-25(34)29-12-7-15-31-13-4-1-5-14-31/h2-3,6,8-11,16-17H,1,4-5,7,12-15,18-19H2,(H,29,34). The third-order valence-corrected chi connectivity index (χ3v) is 6.95. The number of aromatic nitrogens is 3. The van der Waals surface area contributed by atoms with E-state index in [2.05, 4.69) is 15.3 Å². The van der Waals surface area contributed by atoms with E-state index in [0.29, 0.717) is 23.6 Å². The van der Waals surface area contributed by atoms with E-state index in [9.17, 15) is 9.59 Å². The van der Waals surface area contributed by atoms with Crippen molar-refractivity contribution in [2.75, 3.05) is 26.2 Å². The first kappa shape index (κ1) is 23.6. The van der Waals surface area contributed by atoms with Gasteiger partial charge in [0.2, 0.25) is 5.91 Å². The van der Waals surface area contributed by atoms with E-state index >= 15 is 0 Å². The number of hydrogen-bond donors (Lipinski definition) is 1. The summed E-state index contributed by atoms with van der Waals surface area (Å²) in [5.74, 6) is -0.199. The highest BCUT2D eigenvalue weighted by Crippen LogP contribution is 2.27. The zero-order chi connectivity index (χ0) is 24.2. The van der Waals surface area contributed by atoms with Gasteiger partial charge in [-0.15, -0.1) is 0 Å². The molecule has 8 heteroatoms. The molecule has 7 nitrogen and oxygen atoms in total. The van der Waals surface area contributed by atoms with E-state index in [1.54, 1.807) is 6.20 Å². The average molecular weight is 492 g/mol. The molecular formula is C27H30ClN5O2. The maximum atomic E-state index is 13.5. The average Bonchev–Trinajstić information content (AvgIpc) is 3.18. The SMILES string of the molecule is O=C(Cn1ncc2c3ccccc3n(Cc3cccc(Cl)c3)c2c1=O)NCCCN1CCCCC1. The Kier molecular flexibility index (Phi) is 7.16. The second-order valence-electron chi connectivity index (χ2n) is 9.21. The lowest BCUT2D eigenvalue weighted by atomic mass is 10.1. The summed E-state index contributed by atoms with van der Waals surface area (Å²) in [6, 6.07) is 15.5. The third kappa shape index (κ3) is 5.26. The third-order valence-electron chi connectivity index (χ3n) is 6.72. The molecule has 3 heterocycles. The van der Waals surface area contributed by atoms with Crippen molar-refractivity contribution in [1.82, 2.24) is 24.6 Å². The van der Waals surface area contributed by atoms with Gasteiger partial charge in [0, 0.05) is 34.4 Å². The van der Waals surface area contributed by atoms with Crippen molar-refractivity contribution in [3.05, 3.63) is 75.7 Å². The molecule has 1 aliphatic heterocycles. The Morgan fingerprint density at radius 2 is 1.86 bits per heavy atom. The van der Waals surface area contributed by atoms with Gasteiger partial charge in [-0.3, -0.25) is 9.59 Å². The van der Waals surface area contributed by atoms with Gasteiger partial charge in [0.1, 0.15) is 12.1 Å². The number of likely N-dealkylation sites (tertiary alicyclic amines) is 1. The van der Waals surface area contributed by atoms with Gasteiger partial charge >= 0.3 is 0 Å². The van der Waals surface area contributed by atoms with E-state index < -0.39 is 0 Å². The van der Waals surface area contributed by atoms with Crippen LogP contribution in [0.25, 0.3) is 21.8 Å². The van der Waals surface area contributed by atoms with Crippen LogP contribution in [0.3, 0.4) is 0 Å². The summed E-state index contributed by atoms with van der Waals surface area (Å²) in [4.78, 5) is 28.6. The first-order valence-electron chi connectivity index (χ1n) is 12.3. The number of benzene rings is 2. The van der Waals surface area contributed by atoms with Crippen LogP contribution in [0.4, 0.5) is 0 Å². The van der Waals surface area contributed by atoms with E-state index in [0.717, 1.165) is 47.9 Å². The summed E-state index contributed by atoms with van der Waals surface area (Å²) in [6.07, 6.45) is 6.43. The van der Waals surface area contributed by atoms with Crippen LogP contribution < -0.4 is 10.9 Å². The van der Waals surface area contributed by atoms with Crippen LogP contribution in [0.1, 0.15) is 31.2 Å². The van der Waals surface area contributed by atoms with Gasteiger partial charge in [0.15, 0.2) is 0 Å². The molecule has 0 atom stereocenters. The van der Waals surface area contributed by atoms with Crippen LogP contribution in [0, 0.1) is 0 Å². The summed E-state index contributed by atoms with van der Waals surface area (Å²) in [6.45, 7) is 4.28. The summed E-state index contributed by atoms with van der Waals surface area (Å²) >= 11 is 6.20. The van der Waals surface area contributed by atoms with Gasteiger partial charge in [0.25, 0.3) is 5.56 Å². The van der Waals surface area contributed by atoms with Crippen LogP contribution in [0.2, 0.25) is 5.02 Å². The second kappa shape index (κ2) is 10.6. The summed E-state index contributed by atoms with van der Waals surface area (Å²) < 4.78 is 3.25. The number of carbonyl (C=O) groups excluding carboxylic acids is 1. The first-order chi connectivity index (χ1) is 17.1. The molecule has 1 aliphatic rings. The van der Waals surface area contributed by atoms with E-state index in [1.807, 2.05) is 53.1 Å². The number of hydrogen-bond acceptors (Lipinski definition) is 4. The van der Waals surface area contributed by atoms with Crippen LogP contribution in [-0.4, -0.2) is 51.3 Å². The fourth-order valence-corrected chi connectivity index (χ4v) is 5.21. The van der Waals surface area contributed by atoms with Gasteiger partial charge in [-0.2, -0.15) is 5.10 Å². The van der Waals surface area contributed by atoms with Crippen LogP contribution in [0.15, 0.2) is 59.5 Å². The van der Waals surface area contributed by atoms with Crippen molar-refractivity contribution in [2.24, 2.45) is 0 Å². The lowest BCUT2D eigenvalue weighted by Gasteiger charge is -2.26. The normalized spacial score (nSPS) is 14.5. The quantitative estimate of drug-likeness (QED) is 0.377. The molecule has 0 saturated carbocycles. The summed E-state index contributed by atoms with van der Waals surface area (Å²) in [5.41, 5.74) is 2.21. The minimum Gasteiger partial charge on any atom is -0.354 e. The van der Waals surface area contributed by atoms with Crippen molar-refractivity contribution in [3.8, 4) is 0 Å².